The lowest BCUT2D eigenvalue weighted by atomic mass is 10.1. The zero-order chi connectivity index (χ0) is 16.8. The Bertz CT molecular complexity index is 1140. The molecule has 4 rings (SSSR count). The van der Waals surface area contributed by atoms with Crippen LogP contribution < -0.4 is 10.5 Å². The van der Waals surface area contributed by atoms with Gasteiger partial charge in [0.05, 0.1) is 23.7 Å². The van der Waals surface area contributed by atoms with E-state index >= 15 is 0 Å². The maximum absolute atomic E-state index is 11.6. The molecule has 0 aliphatic rings. The van der Waals surface area contributed by atoms with E-state index in [0.717, 1.165) is 16.5 Å². The van der Waals surface area contributed by atoms with Crippen LogP contribution in [0.3, 0.4) is 0 Å². The standard InChI is InChI=1S/C18H13N3O3/c1-24-14-4-2-3-10-9(14)5-7-12-16(10)21-17-13(20-12)8-6-11(19)15(17)18(22)23/h2-8H,19H2,1H3,(H,22,23). The SMILES string of the molecule is COc1cccc2c1ccc1nc3ccc(N)c(C(=O)O)c3nc12. The number of nitrogen functional groups attached to an aromatic ring is 1. The molecule has 1 aromatic heterocycles. The van der Waals surface area contributed by atoms with Gasteiger partial charge in [0.15, 0.2) is 0 Å². The second kappa shape index (κ2) is 5.06. The first kappa shape index (κ1) is 14.2. The minimum Gasteiger partial charge on any atom is -0.496 e. The molecule has 3 N–H and O–H groups in total. The first-order valence-corrected chi connectivity index (χ1v) is 7.29. The topological polar surface area (TPSA) is 98.3 Å². The van der Waals surface area contributed by atoms with Crippen LogP contribution in [-0.4, -0.2) is 28.2 Å². The number of aromatic nitrogens is 2. The van der Waals surface area contributed by atoms with Crippen molar-refractivity contribution in [3.63, 3.8) is 0 Å². The van der Waals surface area contributed by atoms with Crippen LogP contribution in [0.1, 0.15) is 10.4 Å². The quantitative estimate of drug-likeness (QED) is 0.334. The molecule has 0 fully saturated rings. The summed E-state index contributed by atoms with van der Waals surface area (Å²) in [5.41, 5.74) is 8.04. The lowest BCUT2D eigenvalue weighted by Gasteiger charge is -2.10. The molecule has 0 bridgehead atoms. The van der Waals surface area contributed by atoms with Gasteiger partial charge in [0.2, 0.25) is 0 Å². The summed E-state index contributed by atoms with van der Waals surface area (Å²) < 4.78 is 5.38. The lowest BCUT2D eigenvalue weighted by molar-refractivity contribution is 0.0700. The number of hydrogen-bond donors (Lipinski definition) is 2. The third-order valence-corrected chi connectivity index (χ3v) is 4.06. The average molecular weight is 319 g/mol. The highest BCUT2D eigenvalue weighted by Crippen LogP contribution is 2.32. The van der Waals surface area contributed by atoms with Crippen molar-refractivity contribution in [3.05, 3.63) is 48.0 Å². The smallest absolute Gasteiger partial charge is 0.340 e. The Balaban J connectivity index is 2.21. The van der Waals surface area contributed by atoms with E-state index in [4.69, 9.17) is 10.5 Å². The summed E-state index contributed by atoms with van der Waals surface area (Å²) in [6.45, 7) is 0. The van der Waals surface area contributed by atoms with E-state index in [0.29, 0.717) is 16.6 Å². The van der Waals surface area contributed by atoms with Crippen molar-refractivity contribution in [2.45, 2.75) is 0 Å². The number of fused-ring (bicyclic) bond motifs is 4. The largest absolute Gasteiger partial charge is 0.496 e. The summed E-state index contributed by atoms with van der Waals surface area (Å²) in [6, 6.07) is 12.6. The zero-order valence-corrected chi connectivity index (χ0v) is 12.8. The molecular formula is C18H13N3O3. The zero-order valence-electron chi connectivity index (χ0n) is 12.8. The van der Waals surface area contributed by atoms with Crippen LogP contribution in [0.25, 0.3) is 32.8 Å². The number of nitrogens with two attached hydrogens (primary N) is 1. The number of carboxylic acids is 1. The fraction of sp³-hybridized carbons (Fsp3) is 0.0556. The van der Waals surface area contributed by atoms with Crippen molar-refractivity contribution in [1.29, 1.82) is 0 Å². The molecule has 0 saturated heterocycles. The number of anilines is 1. The van der Waals surface area contributed by atoms with Gasteiger partial charge < -0.3 is 15.6 Å². The van der Waals surface area contributed by atoms with E-state index in [9.17, 15) is 9.90 Å². The van der Waals surface area contributed by atoms with Gasteiger partial charge in [0.25, 0.3) is 0 Å². The van der Waals surface area contributed by atoms with E-state index in [-0.39, 0.29) is 16.8 Å². The molecule has 0 aliphatic carbocycles. The molecule has 0 atom stereocenters. The number of ether oxygens (including phenoxy) is 1. The summed E-state index contributed by atoms with van der Waals surface area (Å²) in [6.07, 6.45) is 0. The van der Waals surface area contributed by atoms with E-state index in [2.05, 4.69) is 9.97 Å². The summed E-state index contributed by atoms with van der Waals surface area (Å²) in [5.74, 6) is -0.396. The Hall–Kier alpha value is -3.41. The number of hydrogen-bond acceptors (Lipinski definition) is 5. The number of benzene rings is 3. The van der Waals surface area contributed by atoms with Crippen LogP contribution >= 0.6 is 0 Å². The first-order valence-electron chi connectivity index (χ1n) is 7.29. The fourth-order valence-corrected chi connectivity index (χ4v) is 2.95. The highest BCUT2D eigenvalue weighted by molar-refractivity contribution is 6.11. The Morgan fingerprint density at radius 3 is 2.50 bits per heavy atom. The van der Waals surface area contributed by atoms with Crippen LogP contribution in [0.15, 0.2) is 42.5 Å². The molecule has 0 unspecified atom stereocenters. The Morgan fingerprint density at radius 2 is 1.75 bits per heavy atom. The number of methoxy groups -OCH3 is 1. The number of carboxylic acid groups (broad SMARTS) is 1. The van der Waals surface area contributed by atoms with E-state index in [1.54, 1.807) is 13.2 Å². The van der Waals surface area contributed by atoms with Crippen molar-refractivity contribution >= 4 is 44.5 Å². The third kappa shape index (κ3) is 1.93. The number of carbonyl (C=O) groups is 1. The summed E-state index contributed by atoms with van der Waals surface area (Å²) >= 11 is 0. The second-order valence-corrected chi connectivity index (χ2v) is 5.41. The van der Waals surface area contributed by atoms with Crippen LogP contribution in [-0.2, 0) is 0 Å². The molecule has 0 aliphatic heterocycles. The minimum absolute atomic E-state index is 0.0261. The Morgan fingerprint density at radius 1 is 1.00 bits per heavy atom. The molecule has 0 radical (unpaired) electrons. The molecule has 118 valence electrons. The number of aromatic carboxylic acids is 1. The summed E-state index contributed by atoms with van der Waals surface area (Å²) in [4.78, 5) is 20.7. The molecule has 4 aromatic rings. The van der Waals surface area contributed by atoms with Gasteiger partial charge in [-0.1, -0.05) is 12.1 Å². The van der Waals surface area contributed by atoms with Gasteiger partial charge in [0, 0.05) is 16.5 Å². The van der Waals surface area contributed by atoms with Gasteiger partial charge >= 0.3 is 5.97 Å². The van der Waals surface area contributed by atoms with Crippen molar-refractivity contribution in [3.8, 4) is 5.75 Å². The van der Waals surface area contributed by atoms with E-state index in [1.807, 2.05) is 30.3 Å². The van der Waals surface area contributed by atoms with Gasteiger partial charge in [-0.2, -0.15) is 0 Å². The van der Waals surface area contributed by atoms with E-state index < -0.39 is 5.97 Å². The average Bonchev–Trinajstić information content (AvgIpc) is 2.59. The predicted molar refractivity (Wildman–Crippen MR) is 92.5 cm³/mol. The Labute approximate surface area is 136 Å². The van der Waals surface area contributed by atoms with Crippen molar-refractivity contribution in [2.75, 3.05) is 12.8 Å². The Kier molecular flexibility index (Phi) is 2.99. The van der Waals surface area contributed by atoms with Gasteiger partial charge in [-0.05, 0) is 30.3 Å². The van der Waals surface area contributed by atoms with Gasteiger partial charge in [-0.3, -0.25) is 0 Å². The van der Waals surface area contributed by atoms with Crippen LogP contribution in [0.5, 0.6) is 5.75 Å². The molecule has 1 heterocycles. The maximum Gasteiger partial charge on any atom is 0.340 e. The maximum atomic E-state index is 11.6. The normalized spacial score (nSPS) is 11.2. The highest BCUT2D eigenvalue weighted by Gasteiger charge is 2.17. The highest BCUT2D eigenvalue weighted by atomic mass is 16.5. The molecule has 6 heteroatoms. The van der Waals surface area contributed by atoms with Gasteiger partial charge in [-0.25, -0.2) is 14.8 Å². The molecule has 6 nitrogen and oxygen atoms in total. The molecule has 0 amide bonds. The monoisotopic (exact) mass is 319 g/mol. The second-order valence-electron chi connectivity index (χ2n) is 5.41. The molecular weight excluding hydrogens is 306 g/mol. The number of nitrogens with zero attached hydrogens (tertiary/aromatic N) is 2. The molecule has 0 spiro atoms. The van der Waals surface area contributed by atoms with Gasteiger partial charge in [0.1, 0.15) is 16.8 Å². The van der Waals surface area contributed by atoms with Crippen LogP contribution in [0.4, 0.5) is 5.69 Å². The number of rotatable bonds is 2. The summed E-state index contributed by atoms with van der Waals surface area (Å²) in [5, 5.41) is 11.2. The molecule has 24 heavy (non-hydrogen) atoms. The fourth-order valence-electron chi connectivity index (χ4n) is 2.95. The summed E-state index contributed by atoms with van der Waals surface area (Å²) in [7, 11) is 1.61. The van der Waals surface area contributed by atoms with Crippen molar-refractivity contribution in [2.24, 2.45) is 0 Å². The van der Waals surface area contributed by atoms with Crippen molar-refractivity contribution < 1.29 is 14.6 Å². The first-order chi connectivity index (χ1) is 11.6. The molecule has 3 aromatic carbocycles. The van der Waals surface area contributed by atoms with Crippen LogP contribution in [0, 0.1) is 0 Å². The van der Waals surface area contributed by atoms with Crippen molar-refractivity contribution in [1.82, 2.24) is 9.97 Å². The van der Waals surface area contributed by atoms with Crippen LogP contribution in [0.2, 0.25) is 0 Å². The lowest BCUT2D eigenvalue weighted by Crippen LogP contribution is -2.05. The molecule has 0 saturated carbocycles. The van der Waals surface area contributed by atoms with E-state index in [1.165, 1.54) is 6.07 Å². The third-order valence-electron chi connectivity index (χ3n) is 4.06. The van der Waals surface area contributed by atoms with Gasteiger partial charge in [-0.15, -0.1) is 0 Å². The predicted octanol–water partition coefficient (Wildman–Crippen LogP) is 3.23. The minimum atomic E-state index is -1.12.